The van der Waals surface area contributed by atoms with Gasteiger partial charge >= 0.3 is 0 Å². The van der Waals surface area contributed by atoms with Crippen LogP contribution in [-0.2, 0) is 20.0 Å². The maximum absolute atomic E-state index is 13.0. The van der Waals surface area contributed by atoms with Crippen LogP contribution in [0.2, 0.25) is 0 Å². The molecule has 2 aromatic heterocycles. The summed E-state index contributed by atoms with van der Waals surface area (Å²) < 4.78 is 32.6. The minimum atomic E-state index is -2.86. The first-order valence-electron chi connectivity index (χ1n) is 11.9. The number of carbonyl (C=O) groups is 1. The third kappa shape index (κ3) is 6.41. The number of hydrogen-bond donors (Lipinski definition) is 1. The van der Waals surface area contributed by atoms with Gasteiger partial charge in [0.05, 0.1) is 5.69 Å². The topological polar surface area (TPSA) is 76.5 Å². The highest BCUT2D eigenvalue weighted by Crippen LogP contribution is 2.32. The number of amides is 1. The Labute approximate surface area is 202 Å². The standard InChI is InChI=1S/C24H32F2N4O3S/c1-24(25,26)15-33-23-28-18-14-30(13-11-20(18)34-23)12-10-16-6-8-17(9-7-16)27-22(32)19-4-3-5-21(31)29(19)2/h3-5,16-17H,6-15H2,1-2H3,(H,27,32)/t16-,17-. The fourth-order valence-corrected chi connectivity index (χ4v) is 5.59. The van der Waals surface area contributed by atoms with Gasteiger partial charge in [-0.2, -0.15) is 0 Å². The number of aromatic nitrogens is 2. The number of hydrogen-bond acceptors (Lipinski definition) is 6. The number of thiazole rings is 1. The van der Waals surface area contributed by atoms with E-state index < -0.39 is 12.5 Å². The Kier molecular flexibility index (Phi) is 7.67. The van der Waals surface area contributed by atoms with Crippen molar-refractivity contribution >= 4 is 17.2 Å². The molecule has 0 radical (unpaired) electrons. The van der Waals surface area contributed by atoms with E-state index >= 15 is 0 Å². The van der Waals surface area contributed by atoms with Crippen LogP contribution in [0.25, 0.3) is 0 Å². The molecule has 0 spiro atoms. The zero-order valence-corrected chi connectivity index (χ0v) is 20.5. The minimum Gasteiger partial charge on any atom is -0.464 e. The van der Waals surface area contributed by atoms with Crippen LogP contribution in [0.3, 0.4) is 0 Å². The Morgan fingerprint density at radius 1 is 1.29 bits per heavy atom. The second kappa shape index (κ2) is 10.5. The van der Waals surface area contributed by atoms with E-state index in [9.17, 15) is 18.4 Å². The Bertz CT molecular complexity index is 1060. The number of halogens is 2. The van der Waals surface area contributed by atoms with Crippen LogP contribution in [0.15, 0.2) is 23.0 Å². The normalized spacial score (nSPS) is 21.2. The van der Waals surface area contributed by atoms with Crippen LogP contribution in [0.1, 0.15) is 60.1 Å². The second-order valence-electron chi connectivity index (χ2n) is 9.52. The van der Waals surface area contributed by atoms with Gasteiger partial charge in [0.15, 0.2) is 6.61 Å². The molecule has 1 aliphatic carbocycles. The number of nitrogens with one attached hydrogen (secondary N) is 1. The Morgan fingerprint density at radius 3 is 2.79 bits per heavy atom. The summed E-state index contributed by atoms with van der Waals surface area (Å²) in [7, 11) is 1.61. The number of carbonyl (C=O) groups excluding carboxylic acids is 1. The van der Waals surface area contributed by atoms with Gasteiger partial charge in [0, 0.05) is 44.0 Å². The molecule has 1 saturated carbocycles. The summed E-state index contributed by atoms with van der Waals surface area (Å²) in [6, 6.07) is 4.87. The highest BCUT2D eigenvalue weighted by atomic mass is 32.1. The average Bonchev–Trinajstić information content (AvgIpc) is 3.21. The molecule has 0 bridgehead atoms. The molecule has 0 unspecified atom stereocenters. The molecule has 2 aliphatic rings. The molecule has 1 aliphatic heterocycles. The Hall–Kier alpha value is -2.33. The van der Waals surface area contributed by atoms with Gasteiger partial charge in [-0.05, 0) is 57.1 Å². The maximum atomic E-state index is 13.0. The van der Waals surface area contributed by atoms with Crippen molar-refractivity contribution in [2.75, 3.05) is 19.7 Å². The number of fused-ring (bicyclic) bond motifs is 1. The van der Waals surface area contributed by atoms with Gasteiger partial charge in [0.1, 0.15) is 5.69 Å². The van der Waals surface area contributed by atoms with Gasteiger partial charge in [-0.25, -0.2) is 13.8 Å². The zero-order chi connectivity index (χ0) is 24.3. The molecular weight excluding hydrogens is 462 g/mol. The fraction of sp³-hybridized carbons (Fsp3) is 0.625. The van der Waals surface area contributed by atoms with Crippen molar-refractivity contribution in [3.63, 3.8) is 0 Å². The van der Waals surface area contributed by atoms with Gasteiger partial charge in [-0.3, -0.25) is 14.5 Å². The highest BCUT2D eigenvalue weighted by molar-refractivity contribution is 7.13. The van der Waals surface area contributed by atoms with Crippen LogP contribution >= 0.6 is 11.3 Å². The fourth-order valence-electron chi connectivity index (χ4n) is 4.68. The van der Waals surface area contributed by atoms with Crippen LogP contribution < -0.4 is 15.6 Å². The number of rotatable bonds is 8. The first-order chi connectivity index (χ1) is 16.2. The lowest BCUT2D eigenvalue weighted by atomic mass is 9.84. The van der Waals surface area contributed by atoms with Crippen LogP contribution in [0.5, 0.6) is 5.19 Å². The molecule has 7 nitrogen and oxygen atoms in total. The summed E-state index contributed by atoms with van der Waals surface area (Å²) in [5.41, 5.74) is 1.15. The maximum Gasteiger partial charge on any atom is 0.278 e. The summed E-state index contributed by atoms with van der Waals surface area (Å²) >= 11 is 1.38. The lowest BCUT2D eigenvalue weighted by molar-refractivity contribution is -0.0230. The Morgan fingerprint density at radius 2 is 2.06 bits per heavy atom. The van der Waals surface area contributed by atoms with Gasteiger partial charge in [-0.15, -0.1) is 0 Å². The van der Waals surface area contributed by atoms with Crippen molar-refractivity contribution in [2.24, 2.45) is 13.0 Å². The summed E-state index contributed by atoms with van der Waals surface area (Å²) in [6.07, 6.45) is 5.99. The average molecular weight is 495 g/mol. The molecule has 3 heterocycles. The van der Waals surface area contributed by atoms with Crippen LogP contribution in [0.4, 0.5) is 8.78 Å². The molecule has 34 heavy (non-hydrogen) atoms. The van der Waals surface area contributed by atoms with E-state index in [0.29, 0.717) is 16.8 Å². The second-order valence-corrected chi connectivity index (χ2v) is 10.6. The minimum absolute atomic E-state index is 0.139. The molecule has 10 heteroatoms. The number of nitrogens with zero attached hydrogens (tertiary/aromatic N) is 3. The first kappa shape index (κ1) is 24.8. The summed E-state index contributed by atoms with van der Waals surface area (Å²) in [5, 5.41) is 3.42. The van der Waals surface area contributed by atoms with Gasteiger partial charge in [0.25, 0.3) is 22.6 Å². The molecule has 2 aromatic rings. The Balaban J connectivity index is 1.19. The molecule has 1 amide bonds. The molecule has 1 fully saturated rings. The molecule has 186 valence electrons. The molecule has 4 rings (SSSR count). The van der Waals surface area contributed by atoms with E-state index in [4.69, 9.17) is 4.74 Å². The molecular formula is C24H32F2N4O3S. The van der Waals surface area contributed by atoms with Crippen molar-refractivity contribution < 1.29 is 18.3 Å². The number of alkyl halides is 2. The van der Waals surface area contributed by atoms with Gasteiger partial charge in [0.2, 0.25) is 0 Å². The van der Waals surface area contributed by atoms with E-state index in [-0.39, 0.29) is 17.5 Å². The third-order valence-corrected chi connectivity index (χ3v) is 7.76. The quantitative estimate of drug-likeness (QED) is 0.607. The van der Waals surface area contributed by atoms with Crippen molar-refractivity contribution in [2.45, 2.75) is 64.0 Å². The molecule has 0 atom stereocenters. The van der Waals surface area contributed by atoms with Gasteiger partial charge < -0.3 is 14.6 Å². The van der Waals surface area contributed by atoms with E-state index in [0.717, 1.165) is 75.7 Å². The van der Waals surface area contributed by atoms with E-state index in [1.165, 1.54) is 22.0 Å². The monoisotopic (exact) mass is 494 g/mol. The number of ether oxygens (including phenoxy) is 1. The smallest absolute Gasteiger partial charge is 0.278 e. The van der Waals surface area contributed by atoms with Crippen molar-refractivity contribution in [3.05, 3.63) is 44.8 Å². The molecule has 1 N–H and O–H groups in total. The summed E-state index contributed by atoms with van der Waals surface area (Å²) in [4.78, 5) is 32.3. The number of pyridine rings is 1. The SMILES string of the molecule is Cn1c(C(=O)N[C@H]2CC[C@H](CCN3CCc4sc(OCC(C)(F)F)nc4C3)CC2)cccc1=O. The summed E-state index contributed by atoms with van der Waals surface area (Å²) in [6.45, 7) is 2.86. The van der Waals surface area contributed by atoms with E-state index in [1.807, 2.05) is 0 Å². The van der Waals surface area contributed by atoms with Crippen molar-refractivity contribution in [1.29, 1.82) is 0 Å². The van der Waals surface area contributed by atoms with E-state index in [1.54, 1.807) is 19.2 Å². The van der Waals surface area contributed by atoms with Crippen molar-refractivity contribution in [3.8, 4) is 5.19 Å². The van der Waals surface area contributed by atoms with Crippen LogP contribution in [-0.4, -0.2) is 52.0 Å². The molecule has 0 aromatic carbocycles. The summed E-state index contributed by atoms with van der Waals surface area (Å²) in [5.74, 6) is -2.43. The van der Waals surface area contributed by atoms with Crippen molar-refractivity contribution in [1.82, 2.24) is 19.8 Å². The zero-order valence-electron chi connectivity index (χ0n) is 19.7. The largest absolute Gasteiger partial charge is 0.464 e. The van der Waals surface area contributed by atoms with Gasteiger partial charge in [-0.1, -0.05) is 17.4 Å². The predicted octanol–water partition coefficient (Wildman–Crippen LogP) is 3.61. The highest BCUT2D eigenvalue weighted by Gasteiger charge is 2.27. The molecule has 0 saturated heterocycles. The predicted molar refractivity (Wildman–Crippen MR) is 127 cm³/mol. The first-order valence-corrected chi connectivity index (χ1v) is 12.7. The van der Waals surface area contributed by atoms with E-state index in [2.05, 4.69) is 15.2 Å². The lowest BCUT2D eigenvalue weighted by Crippen LogP contribution is -2.40. The van der Waals surface area contributed by atoms with Crippen LogP contribution in [0, 0.1) is 5.92 Å². The third-order valence-electron chi connectivity index (χ3n) is 6.69. The lowest BCUT2D eigenvalue weighted by Gasteiger charge is -2.32.